The summed E-state index contributed by atoms with van der Waals surface area (Å²) in [6.07, 6.45) is 1.08. The van der Waals surface area contributed by atoms with Crippen LogP contribution in [-0.4, -0.2) is 46.6 Å². The smallest absolute Gasteiger partial charge is 0.242 e. The van der Waals surface area contributed by atoms with Crippen molar-refractivity contribution in [2.45, 2.75) is 11.3 Å². The van der Waals surface area contributed by atoms with Crippen LogP contribution in [0, 0.1) is 5.92 Å². The molecule has 1 aromatic carbocycles. The van der Waals surface area contributed by atoms with E-state index in [0.29, 0.717) is 10.8 Å². The topological polar surface area (TPSA) is 58.6 Å². The van der Waals surface area contributed by atoms with Gasteiger partial charge < -0.3 is 10.1 Å². The first kappa shape index (κ1) is 14.3. The van der Waals surface area contributed by atoms with Gasteiger partial charge in [0, 0.05) is 38.9 Å². The number of hydrogen-bond donors (Lipinski definition) is 1. The molecule has 19 heavy (non-hydrogen) atoms. The monoisotopic (exact) mass is 284 g/mol. The third-order valence-corrected chi connectivity index (χ3v) is 5.08. The lowest BCUT2D eigenvalue weighted by Gasteiger charge is -2.13. The predicted octanol–water partition coefficient (Wildman–Crippen LogP) is 1.39. The van der Waals surface area contributed by atoms with Crippen molar-refractivity contribution in [3.8, 4) is 0 Å². The molecule has 0 aliphatic carbocycles. The Kier molecular flexibility index (Phi) is 4.44. The normalized spacial score (nSPS) is 19.8. The van der Waals surface area contributed by atoms with E-state index in [-0.39, 0.29) is 0 Å². The number of rotatable bonds is 5. The Labute approximate surface area is 114 Å². The fourth-order valence-corrected chi connectivity index (χ4v) is 2.86. The summed E-state index contributed by atoms with van der Waals surface area (Å²) < 4.78 is 30.3. The Balaban J connectivity index is 1.98. The lowest BCUT2D eigenvalue weighted by atomic mass is 10.1. The summed E-state index contributed by atoms with van der Waals surface area (Å²) in [5.41, 5.74) is 0.935. The number of anilines is 1. The highest BCUT2D eigenvalue weighted by atomic mass is 32.2. The first-order chi connectivity index (χ1) is 9.00. The molecule has 1 saturated heterocycles. The Bertz CT molecular complexity index is 505. The minimum atomic E-state index is -3.34. The molecule has 0 spiro atoms. The van der Waals surface area contributed by atoms with Crippen LogP contribution in [0.2, 0.25) is 0 Å². The second-order valence-electron chi connectivity index (χ2n) is 4.92. The Morgan fingerprint density at radius 1 is 1.32 bits per heavy atom. The van der Waals surface area contributed by atoms with Crippen LogP contribution in [0.3, 0.4) is 0 Å². The molecule has 1 aromatic rings. The van der Waals surface area contributed by atoms with E-state index < -0.39 is 10.0 Å². The predicted molar refractivity (Wildman–Crippen MR) is 74.7 cm³/mol. The number of hydrogen-bond acceptors (Lipinski definition) is 4. The summed E-state index contributed by atoms with van der Waals surface area (Å²) in [7, 11) is -0.280. The highest BCUT2D eigenvalue weighted by Crippen LogP contribution is 2.18. The van der Waals surface area contributed by atoms with Crippen molar-refractivity contribution in [2.75, 3.05) is 39.2 Å². The number of nitrogens with zero attached hydrogens (tertiary/aromatic N) is 1. The molecule has 2 rings (SSSR count). The molecule has 5 nitrogen and oxygen atoms in total. The fraction of sp³-hybridized carbons (Fsp3) is 0.538. The first-order valence-electron chi connectivity index (χ1n) is 6.34. The van der Waals surface area contributed by atoms with E-state index in [1.807, 2.05) is 0 Å². The van der Waals surface area contributed by atoms with E-state index in [0.717, 1.165) is 31.9 Å². The lowest BCUT2D eigenvalue weighted by Crippen LogP contribution is -2.22. The van der Waals surface area contributed by atoms with Crippen molar-refractivity contribution in [3.63, 3.8) is 0 Å². The van der Waals surface area contributed by atoms with Gasteiger partial charge in [-0.1, -0.05) is 0 Å². The van der Waals surface area contributed by atoms with E-state index in [1.54, 1.807) is 24.3 Å². The van der Waals surface area contributed by atoms with Crippen molar-refractivity contribution in [3.05, 3.63) is 24.3 Å². The van der Waals surface area contributed by atoms with Gasteiger partial charge in [0.2, 0.25) is 10.0 Å². The van der Waals surface area contributed by atoms with E-state index in [4.69, 9.17) is 4.74 Å². The van der Waals surface area contributed by atoms with E-state index in [1.165, 1.54) is 18.4 Å². The van der Waals surface area contributed by atoms with Gasteiger partial charge in [-0.05, 0) is 30.7 Å². The van der Waals surface area contributed by atoms with Gasteiger partial charge in [-0.3, -0.25) is 0 Å². The van der Waals surface area contributed by atoms with Gasteiger partial charge >= 0.3 is 0 Å². The molecular weight excluding hydrogens is 264 g/mol. The van der Waals surface area contributed by atoms with Crippen molar-refractivity contribution >= 4 is 15.7 Å². The molecule has 1 heterocycles. The van der Waals surface area contributed by atoms with Crippen molar-refractivity contribution in [1.29, 1.82) is 0 Å². The minimum absolute atomic E-state index is 0.312. The lowest BCUT2D eigenvalue weighted by molar-refractivity contribution is 0.187. The van der Waals surface area contributed by atoms with E-state index in [9.17, 15) is 8.42 Å². The van der Waals surface area contributed by atoms with E-state index in [2.05, 4.69) is 5.32 Å². The second-order valence-corrected chi connectivity index (χ2v) is 7.07. The number of nitrogens with one attached hydrogen (secondary N) is 1. The highest BCUT2D eigenvalue weighted by molar-refractivity contribution is 7.89. The summed E-state index contributed by atoms with van der Waals surface area (Å²) in [4.78, 5) is 0.312. The molecule has 1 atom stereocenters. The second kappa shape index (κ2) is 5.90. The average Bonchev–Trinajstić information content (AvgIpc) is 2.90. The van der Waals surface area contributed by atoms with Gasteiger partial charge in [0.05, 0.1) is 11.5 Å². The largest absolute Gasteiger partial charge is 0.385 e. The van der Waals surface area contributed by atoms with Crippen LogP contribution in [0.15, 0.2) is 29.2 Å². The van der Waals surface area contributed by atoms with Crippen LogP contribution in [0.1, 0.15) is 6.42 Å². The summed E-state index contributed by atoms with van der Waals surface area (Å²) in [5.74, 6) is 0.546. The summed E-state index contributed by atoms with van der Waals surface area (Å²) in [6.45, 7) is 2.51. The number of ether oxygens (including phenoxy) is 1. The molecule has 6 heteroatoms. The standard InChI is InChI=1S/C13H20N2O3S/c1-15(2)19(16,17)13-5-3-12(4-6-13)14-9-11-7-8-18-10-11/h3-6,11,14H,7-10H2,1-2H3. The van der Waals surface area contributed by atoms with Crippen LogP contribution in [0.4, 0.5) is 5.69 Å². The summed E-state index contributed by atoms with van der Waals surface area (Å²) in [5, 5.41) is 3.31. The van der Waals surface area contributed by atoms with E-state index >= 15 is 0 Å². The minimum Gasteiger partial charge on any atom is -0.385 e. The first-order valence-corrected chi connectivity index (χ1v) is 7.78. The van der Waals surface area contributed by atoms with Crippen molar-refractivity contribution < 1.29 is 13.2 Å². The zero-order valence-electron chi connectivity index (χ0n) is 11.3. The Hall–Kier alpha value is -1.11. The Morgan fingerprint density at radius 3 is 2.53 bits per heavy atom. The maximum atomic E-state index is 11.9. The van der Waals surface area contributed by atoms with Gasteiger partial charge in [-0.25, -0.2) is 12.7 Å². The molecule has 0 amide bonds. The molecule has 1 fully saturated rings. The zero-order valence-corrected chi connectivity index (χ0v) is 12.1. The van der Waals surface area contributed by atoms with Crippen molar-refractivity contribution in [1.82, 2.24) is 4.31 Å². The van der Waals surface area contributed by atoms with Crippen LogP contribution < -0.4 is 5.32 Å². The molecular formula is C13H20N2O3S. The van der Waals surface area contributed by atoms with Gasteiger partial charge in [0.25, 0.3) is 0 Å². The molecule has 0 saturated carbocycles. The molecule has 1 aliphatic heterocycles. The quantitative estimate of drug-likeness (QED) is 0.887. The average molecular weight is 284 g/mol. The maximum absolute atomic E-state index is 11.9. The summed E-state index contributed by atoms with van der Waals surface area (Å²) >= 11 is 0. The molecule has 1 unspecified atom stereocenters. The van der Waals surface area contributed by atoms with Crippen LogP contribution in [0.25, 0.3) is 0 Å². The van der Waals surface area contributed by atoms with Gasteiger partial charge in [0.1, 0.15) is 0 Å². The third-order valence-electron chi connectivity index (χ3n) is 3.25. The van der Waals surface area contributed by atoms with Crippen LogP contribution >= 0.6 is 0 Å². The molecule has 1 N–H and O–H groups in total. The zero-order chi connectivity index (χ0) is 13.9. The van der Waals surface area contributed by atoms with Gasteiger partial charge in [0.15, 0.2) is 0 Å². The fourth-order valence-electron chi connectivity index (χ4n) is 1.96. The number of benzene rings is 1. The Morgan fingerprint density at radius 2 is 2.00 bits per heavy atom. The van der Waals surface area contributed by atoms with Gasteiger partial charge in [-0.15, -0.1) is 0 Å². The van der Waals surface area contributed by atoms with Crippen molar-refractivity contribution in [2.24, 2.45) is 5.92 Å². The van der Waals surface area contributed by atoms with Crippen LogP contribution in [0.5, 0.6) is 0 Å². The third kappa shape index (κ3) is 3.46. The van der Waals surface area contributed by atoms with Crippen LogP contribution in [-0.2, 0) is 14.8 Å². The molecule has 1 aliphatic rings. The van der Waals surface area contributed by atoms with Gasteiger partial charge in [-0.2, -0.15) is 0 Å². The molecule has 0 bridgehead atoms. The molecule has 0 aromatic heterocycles. The molecule has 106 valence electrons. The highest BCUT2D eigenvalue weighted by Gasteiger charge is 2.17. The maximum Gasteiger partial charge on any atom is 0.242 e. The number of sulfonamides is 1. The molecule has 0 radical (unpaired) electrons. The summed E-state index contributed by atoms with van der Waals surface area (Å²) in [6, 6.07) is 6.85. The SMILES string of the molecule is CN(C)S(=O)(=O)c1ccc(NCC2CCOC2)cc1.